The van der Waals surface area contributed by atoms with Crippen LogP contribution in [-0.4, -0.2) is 19.4 Å². The second-order valence-electron chi connectivity index (χ2n) is 13.3. The molecular formula is C47H28N4. The first-order chi connectivity index (χ1) is 25.3. The van der Waals surface area contributed by atoms with Crippen LogP contribution in [-0.2, 0) is 0 Å². The molecule has 11 rings (SSSR count). The number of benzene rings is 7. The molecule has 0 unspecified atom stereocenters. The van der Waals surface area contributed by atoms with Gasteiger partial charge in [0.2, 0.25) is 0 Å². The molecule has 4 nitrogen and oxygen atoms in total. The zero-order chi connectivity index (χ0) is 33.5. The van der Waals surface area contributed by atoms with Gasteiger partial charge in [0, 0.05) is 39.9 Å². The van der Waals surface area contributed by atoms with Crippen LogP contribution >= 0.6 is 0 Å². The van der Waals surface area contributed by atoms with Gasteiger partial charge in [-0.15, -0.1) is 0 Å². The molecule has 4 heteroatoms. The van der Waals surface area contributed by atoms with Gasteiger partial charge in [0.1, 0.15) is 16.7 Å². The number of para-hydroxylation sites is 2. The maximum Gasteiger partial charge on any atom is 0.145 e. The fourth-order valence-electron chi connectivity index (χ4n) is 7.94. The van der Waals surface area contributed by atoms with Crippen LogP contribution in [0.25, 0.3) is 104 Å². The van der Waals surface area contributed by atoms with Gasteiger partial charge in [0.25, 0.3) is 0 Å². The van der Waals surface area contributed by atoms with Crippen molar-refractivity contribution in [2.24, 2.45) is 0 Å². The number of rotatable bonds is 3. The number of hydrogen-bond donors (Lipinski definition) is 0. The normalized spacial score (nSPS) is 11.9. The van der Waals surface area contributed by atoms with E-state index in [9.17, 15) is 0 Å². The van der Waals surface area contributed by atoms with E-state index in [1.807, 2.05) is 24.4 Å². The highest BCUT2D eigenvalue weighted by atomic mass is 15.0. The Hall–Kier alpha value is -6.91. The van der Waals surface area contributed by atoms with Crippen LogP contribution in [0.3, 0.4) is 0 Å². The summed E-state index contributed by atoms with van der Waals surface area (Å²) in [5, 5.41) is 9.36. The third kappa shape index (κ3) is 4.30. The van der Waals surface area contributed by atoms with E-state index >= 15 is 0 Å². The lowest BCUT2D eigenvalue weighted by Crippen LogP contribution is -1.96. The van der Waals surface area contributed by atoms with Crippen molar-refractivity contribution >= 4 is 70.8 Å². The second-order valence-corrected chi connectivity index (χ2v) is 13.3. The highest BCUT2D eigenvalue weighted by Gasteiger charge is 2.22. The van der Waals surface area contributed by atoms with Gasteiger partial charge >= 0.3 is 0 Å². The Morgan fingerprint density at radius 2 is 1.06 bits per heavy atom. The van der Waals surface area contributed by atoms with E-state index in [-0.39, 0.29) is 0 Å². The molecule has 7 aromatic carbocycles. The van der Waals surface area contributed by atoms with Crippen molar-refractivity contribution in [1.29, 1.82) is 0 Å². The highest BCUT2D eigenvalue weighted by molar-refractivity contribution is 6.14. The van der Waals surface area contributed by atoms with Crippen molar-refractivity contribution in [3.63, 3.8) is 0 Å². The minimum atomic E-state index is 0.860. The maximum atomic E-state index is 5.51. The Morgan fingerprint density at radius 3 is 1.84 bits per heavy atom. The summed E-state index contributed by atoms with van der Waals surface area (Å²) in [7, 11) is 0. The topological polar surface area (TPSA) is 43.1 Å². The molecule has 0 radical (unpaired) electrons. The van der Waals surface area contributed by atoms with Crippen LogP contribution in [0.15, 0.2) is 170 Å². The van der Waals surface area contributed by atoms with Crippen molar-refractivity contribution in [2.75, 3.05) is 0 Å². The summed E-state index contributed by atoms with van der Waals surface area (Å²) in [5.74, 6) is 0. The van der Waals surface area contributed by atoms with E-state index in [4.69, 9.17) is 15.0 Å². The predicted octanol–water partition coefficient (Wildman–Crippen LogP) is 12.0. The fraction of sp³-hybridized carbons (Fsp3) is 0. The Bertz CT molecular complexity index is 3160. The lowest BCUT2D eigenvalue weighted by Gasteiger charge is -2.15. The molecule has 0 amide bonds. The van der Waals surface area contributed by atoms with E-state index in [2.05, 4.69) is 150 Å². The molecule has 11 aromatic rings. The second kappa shape index (κ2) is 10.8. The van der Waals surface area contributed by atoms with Gasteiger partial charge in [0.05, 0.1) is 16.7 Å². The summed E-state index contributed by atoms with van der Waals surface area (Å²) in [6.07, 6.45) is 4.22. The first kappa shape index (κ1) is 28.0. The Morgan fingerprint density at radius 1 is 0.431 bits per heavy atom. The first-order valence-corrected chi connectivity index (χ1v) is 17.3. The van der Waals surface area contributed by atoms with Crippen molar-refractivity contribution < 1.29 is 0 Å². The van der Waals surface area contributed by atoms with Gasteiger partial charge in [-0.2, -0.15) is 0 Å². The van der Waals surface area contributed by atoms with Crippen LogP contribution in [0.1, 0.15) is 0 Å². The zero-order valence-electron chi connectivity index (χ0n) is 27.5. The smallest absolute Gasteiger partial charge is 0.145 e. The van der Waals surface area contributed by atoms with Gasteiger partial charge in [-0.05, 0) is 79.8 Å². The minimum Gasteiger partial charge on any atom is -0.296 e. The van der Waals surface area contributed by atoms with Crippen LogP contribution in [0, 0.1) is 0 Å². The summed E-state index contributed by atoms with van der Waals surface area (Å²) in [4.78, 5) is 15.7. The molecule has 0 fully saturated rings. The number of fused-ring (bicyclic) bond motifs is 9. The number of pyridine rings is 3. The van der Waals surface area contributed by atoms with Gasteiger partial charge in [0.15, 0.2) is 0 Å². The lowest BCUT2D eigenvalue weighted by atomic mass is 9.91. The van der Waals surface area contributed by atoms with E-state index < -0.39 is 0 Å². The molecule has 0 aliphatic carbocycles. The summed E-state index contributed by atoms with van der Waals surface area (Å²) < 4.78 is 2.29. The molecule has 4 heterocycles. The van der Waals surface area contributed by atoms with Gasteiger partial charge < -0.3 is 0 Å². The van der Waals surface area contributed by atoms with Crippen LogP contribution in [0.4, 0.5) is 0 Å². The van der Waals surface area contributed by atoms with Crippen LogP contribution in [0.2, 0.25) is 0 Å². The molecule has 51 heavy (non-hydrogen) atoms. The van der Waals surface area contributed by atoms with Crippen LogP contribution < -0.4 is 0 Å². The average Bonchev–Trinajstić information content (AvgIpc) is 3.59. The van der Waals surface area contributed by atoms with Crippen molar-refractivity contribution in [1.82, 2.24) is 19.4 Å². The molecule has 0 N–H and O–H groups in total. The SMILES string of the molecule is c1ccc2cc(-c3cc(-c4c5ccccc5cc5ccccc45)cn4c3nc3c5ccccc5nc(-c5cnc6ccccc6c5)c34)ccc2c1. The molecule has 0 bridgehead atoms. The first-order valence-electron chi connectivity index (χ1n) is 17.3. The summed E-state index contributed by atoms with van der Waals surface area (Å²) in [5.41, 5.74) is 11.0. The quantitative estimate of drug-likeness (QED) is 0.179. The number of imidazole rings is 1. The monoisotopic (exact) mass is 648 g/mol. The van der Waals surface area contributed by atoms with E-state index in [1.54, 1.807) is 0 Å². The standard InChI is InChI=1S/C47H28N4/c1-2-12-30-23-33(22-21-29(30)11-1)40-26-36(43-37-16-6-3-13-31(37)24-32-14-4-7-17-38(32)43)28-51-46-44(35-25-34-15-5-9-19-41(34)48-27-35)49-42-20-10-8-18-39(42)45(46)50-47(40)51/h1-28H. The molecule has 0 spiro atoms. The van der Waals surface area contributed by atoms with Crippen molar-refractivity contribution in [2.45, 2.75) is 0 Å². The maximum absolute atomic E-state index is 5.51. The lowest BCUT2D eigenvalue weighted by molar-refractivity contribution is 1.22. The van der Waals surface area contributed by atoms with Gasteiger partial charge in [-0.3, -0.25) is 9.38 Å². The highest BCUT2D eigenvalue weighted by Crippen LogP contribution is 2.42. The van der Waals surface area contributed by atoms with Gasteiger partial charge in [-0.1, -0.05) is 121 Å². The van der Waals surface area contributed by atoms with Crippen LogP contribution in [0.5, 0.6) is 0 Å². The molecule has 4 aromatic heterocycles. The molecule has 0 saturated carbocycles. The Kier molecular flexibility index (Phi) is 5.92. The number of aromatic nitrogens is 4. The summed E-state index contributed by atoms with van der Waals surface area (Å²) >= 11 is 0. The average molecular weight is 649 g/mol. The predicted molar refractivity (Wildman–Crippen MR) is 212 cm³/mol. The van der Waals surface area contributed by atoms with E-state index in [1.165, 1.54) is 37.9 Å². The van der Waals surface area contributed by atoms with Gasteiger partial charge in [-0.25, -0.2) is 9.97 Å². The Balaban J connectivity index is 1.33. The number of nitrogens with zero attached hydrogens (tertiary/aromatic N) is 4. The molecule has 0 saturated heterocycles. The zero-order valence-corrected chi connectivity index (χ0v) is 27.5. The van der Waals surface area contributed by atoms with E-state index in [0.717, 1.165) is 66.4 Å². The number of hydrogen-bond acceptors (Lipinski definition) is 3. The molecular weight excluding hydrogens is 621 g/mol. The molecule has 0 atom stereocenters. The molecule has 236 valence electrons. The Labute approximate surface area is 292 Å². The van der Waals surface area contributed by atoms with Crippen molar-refractivity contribution in [3.05, 3.63) is 170 Å². The summed E-state index contributed by atoms with van der Waals surface area (Å²) in [6.45, 7) is 0. The summed E-state index contributed by atoms with van der Waals surface area (Å²) in [6, 6.07) is 56.1. The molecule has 0 aliphatic rings. The third-order valence-corrected chi connectivity index (χ3v) is 10.3. The van der Waals surface area contributed by atoms with E-state index in [0.29, 0.717) is 0 Å². The van der Waals surface area contributed by atoms with Crippen molar-refractivity contribution in [3.8, 4) is 33.5 Å². The third-order valence-electron chi connectivity index (χ3n) is 10.3. The molecule has 0 aliphatic heterocycles. The fourth-order valence-corrected chi connectivity index (χ4v) is 7.94. The minimum absolute atomic E-state index is 0.860. The largest absolute Gasteiger partial charge is 0.296 e.